The maximum Gasteiger partial charge on any atom is 0.308 e. The summed E-state index contributed by atoms with van der Waals surface area (Å²) >= 11 is 12.9. The number of halogens is 2. The molecule has 4 aromatic carbocycles. The number of hydrogen-bond donors (Lipinski definition) is 0. The van der Waals surface area contributed by atoms with Crippen LogP contribution in [0.2, 0.25) is 0 Å². The van der Waals surface area contributed by atoms with Crippen LogP contribution in [-0.4, -0.2) is 48.6 Å². The van der Waals surface area contributed by atoms with Crippen molar-refractivity contribution >= 4 is 79.9 Å². The Kier molecular flexibility index (Phi) is 6.87. The first-order chi connectivity index (χ1) is 22.6. The lowest BCUT2D eigenvalue weighted by atomic mass is 9.34. The second-order valence-corrected chi connectivity index (χ2v) is 14.1. The molecule has 2 bridgehead atoms. The molecule has 5 aliphatic rings. The topological polar surface area (TPSA) is 93.2 Å². The number of carbonyl (C=O) groups excluding carboxylic acids is 4. The number of amides is 2. The van der Waals surface area contributed by atoms with Crippen LogP contribution in [0, 0.1) is 10.8 Å². The highest BCUT2D eigenvalue weighted by molar-refractivity contribution is 6.20. The molecule has 0 spiro atoms. The predicted octanol–water partition coefficient (Wildman–Crippen LogP) is 7.05. The van der Waals surface area contributed by atoms with Crippen LogP contribution in [0.1, 0.15) is 56.1 Å². The summed E-state index contributed by atoms with van der Waals surface area (Å²) in [5.74, 6) is 0.418. The molecule has 240 valence electrons. The molecule has 2 amide bonds. The molecule has 8 nitrogen and oxygen atoms in total. The molecular weight excluding hydrogens is 639 g/mol. The number of hydrogen-bond acceptors (Lipinski definition) is 6. The van der Waals surface area contributed by atoms with Gasteiger partial charge in [0.2, 0.25) is 11.8 Å². The van der Waals surface area contributed by atoms with E-state index in [0.29, 0.717) is 67.0 Å². The van der Waals surface area contributed by atoms with Gasteiger partial charge in [-0.05, 0) is 41.2 Å². The zero-order chi connectivity index (χ0) is 32.8. The third-order valence-electron chi connectivity index (χ3n) is 10.6. The maximum atomic E-state index is 14.3. The van der Waals surface area contributed by atoms with Crippen molar-refractivity contribution in [2.45, 2.75) is 44.9 Å². The highest BCUT2D eigenvalue weighted by atomic mass is 35.5. The van der Waals surface area contributed by atoms with Gasteiger partial charge in [0.05, 0.1) is 22.2 Å². The highest BCUT2D eigenvalue weighted by Gasteiger charge is 2.76. The van der Waals surface area contributed by atoms with E-state index in [1.165, 1.54) is 13.8 Å². The Morgan fingerprint density at radius 1 is 0.660 bits per heavy atom. The number of rotatable bonds is 6. The van der Waals surface area contributed by atoms with Gasteiger partial charge in [-0.15, -0.1) is 23.2 Å². The quantitative estimate of drug-likeness (QED) is 0.124. The predicted molar refractivity (Wildman–Crippen MR) is 181 cm³/mol. The minimum atomic E-state index is -0.637. The van der Waals surface area contributed by atoms with Crippen molar-refractivity contribution in [3.05, 3.63) is 71.8 Å². The van der Waals surface area contributed by atoms with Crippen LogP contribution in [0.25, 0.3) is 21.5 Å². The molecule has 4 aromatic rings. The van der Waals surface area contributed by atoms with Crippen LogP contribution >= 0.6 is 23.2 Å². The fourth-order valence-electron chi connectivity index (χ4n) is 8.76. The standard InChI is InChI=1S/C37H32Cl2N2O6/c1-20(42)46-30-11-28-32(26-9-5-3-7-24(26)30)22(13-38)15-40(28)34(44)36-17-37(18-36,19-36)35(45)41-16-23(14-39)33-27-10-6-4-8-25(27)31(12-29(33)41)47-21(2)43/h3-12,22-23H,13-19H2,1-2H3/t22-,23-,36?,37?/m1/s1. The molecule has 2 atom stereocenters. The molecule has 2 aliphatic heterocycles. The molecular formula is C37H32Cl2N2O6. The highest BCUT2D eigenvalue weighted by Crippen LogP contribution is 2.75. The second kappa shape index (κ2) is 10.7. The number of benzene rings is 4. The fourth-order valence-corrected chi connectivity index (χ4v) is 9.26. The van der Waals surface area contributed by atoms with Gasteiger partial charge in [0.15, 0.2) is 0 Å². The summed E-state index contributed by atoms with van der Waals surface area (Å²) in [5.41, 5.74) is 2.11. The summed E-state index contributed by atoms with van der Waals surface area (Å²) in [5, 5.41) is 3.42. The second-order valence-electron chi connectivity index (χ2n) is 13.5. The van der Waals surface area contributed by atoms with E-state index in [-0.39, 0.29) is 23.7 Å². The van der Waals surface area contributed by atoms with Crippen molar-refractivity contribution in [2.75, 3.05) is 34.6 Å². The van der Waals surface area contributed by atoms with Gasteiger partial charge >= 0.3 is 11.9 Å². The summed E-state index contributed by atoms with van der Waals surface area (Å²) in [4.78, 5) is 56.2. The van der Waals surface area contributed by atoms with Crippen molar-refractivity contribution < 1.29 is 28.7 Å². The van der Waals surface area contributed by atoms with Crippen LogP contribution in [0.15, 0.2) is 60.7 Å². The average Bonchev–Trinajstić information content (AvgIpc) is 3.58. The smallest absolute Gasteiger partial charge is 0.308 e. The van der Waals surface area contributed by atoms with Crippen molar-refractivity contribution in [3.8, 4) is 11.5 Å². The molecule has 0 N–H and O–H groups in total. The van der Waals surface area contributed by atoms with Gasteiger partial charge in [-0.25, -0.2) is 0 Å². The molecule has 10 heteroatoms. The first-order valence-electron chi connectivity index (χ1n) is 15.8. The van der Waals surface area contributed by atoms with E-state index in [1.807, 2.05) is 48.5 Å². The molecule has 0 aromatic heterocycles. The number of esters is 2. The van der Waals surface area contributed by atoms with Crippen LogP contribution in [0.4, 0.5) is 11.4 Å². The van der Waals surface area contributed by atoms with Gasteiger partial charge in [0.1, 0.15) is 11.5 Å². The number of ether oxygens (including phenoxy) is 2. The van der Waals surface area contributed by atoms with E-state index >= 15 is 0 Å². The lowest BCUT2D eigenvalue weighted by Crippen LogP contribution is -2.73. The zero-order valence-corrected chi connectivity index (χ0v) is 27.5. The van der Waals surface area contributed by atoms with Gasteiger partial charge in [-0.1, -0.05) is 48.5 Å². The summed E-state index contributed by atoms with van der Waals surface area (Å²) in [7, 11) is 0. The molecule has 0 unspecified atom stereocenters. The minimum absolute atomic E-state index is 0.0197. The minimum Gasteiger partial charge on any atom is -0.426 e. The number of anilines is 2. The van der Waals surface area contributed by atoms with Crippen LogP contribution in [-0.2, 0) is 19.2 Å². The Hall–Kier alpha value is -4.14. The van der Waals surface area contributed by atoms with E-state index in [2.05, 4.69) is 0 Å². The lowest BCUT2D eigenvalue weighted by molar-refractivity contribution is -0.205. The van der Waals surface area contributed by atoms with Crippen molar-refractivity contribution in [1.29, 1.82) is 0 Å². The summed E-state index contributed by atoms with van der Waals surface area (Å²) < 4.78 is 11.2. The van der Waals surface area contributed by atoms with Crippen molar-refractivity contribution in [1.82, 2.24) is 0 Å². The Morgan fingerprint density at radius 3 is 1.36 bits per heavy atom. The summed E-state index contributed by atoms with van der Waals surface area (Å²) in [6, 6.07) is 19.0. The molecule has 0 saturated heterocycles. The summed E-state index contributed by atoms with van der Waals surface area (Å²) in [6.45, 7) is 3.57. The number of alkyl halides is 2. The Labute approximate surface area is 281 Å². The fraction of sp³-hybridized carbons (Fsp3) is 0.351. The number of carbonyl (C=O) groups is 4. The Balaban J connectivity index is 1.09. The number of nitrogens with zero attached hydrogens (tertiary/aromatic N) is 2. The van der Waals surface area contributed by atoms with E-state index in [1.54, 1.807) is 21.9 Å². The van der Waals surface area contributed by atoms with Crippen molar-refractivity contribution in [3.63, 3.8) is 0 Å². The zero-order valence-electron chi connectivity index (χ0n) is 26.0. The molecule has 3 fully saturated rings. The van der Waals surface area contributed by atoms with Gasteiger partial charge in [-0.2, -0.15) is 0 Å². The van der Waals surface area contributed by atoms with Gasteiger partial charge in [0, 0.05) is 73.4 Å². The molecule has 47 heavy (non-hydrogen) atoms. The third-order valence-corrected chi connectivity index (χ3v) is 11.3. The number of fused-ring (bicyclic) bond motifs is 6. The molecule has 0 radical (unpaired) electrons. The molecule has 2 heterocycles. The van der Waals surface area contributed by atoms with Crippen LogP contribution in [0.5, 0.6) is 11.5 Å². The SMILES string of the molecule is CC(=O)Oc1cc2c(c3ccccc13)[C@H](CCl)CN2C(=O)C12CC(C(=O)N3C[C@@H](CCl)c4c3cc(OC(C)=O)c3ccccc43)(C1)C2. The van der Waals surface area contributed by atoms with E-state index < -0.39 is 22.8 Å². The summed E-state index contributed by atoms with van der Waals surface area (Å²) in [6.07, 6.45) is 1.38. The third kappa shape index (κ3) is 4.34. The van der Waals surface area contributed by atoms with E-state index in [9.17, 15) is 19.2 Å². The van der Waals surface area contributed by atoms with E-state index in [4.69, 9.17) is 32.7 Å². The van der Waals surface area contributed by atoms with Gasteiger partial charge in [-0.3, -0.25) is 19.2 Å². The average molecular weight is 672 g/mol. The van der Waals surface area contributed by atoms with Gasteiger partial charge < -0.3 is 19.3 Å². The first-order valence-corrected chi connectivity index (χ1v) is 16.9. The van der Waals surface area contributed by atoms with Crippen LogP contribution in [0.3, 0.4) is 0 Å². The lowest BCUT2D eigenvalue weighted by Gasteiger charge is -2.69. The van der Waals surface area contributed by atoms with Crippen molar-refractivity contribution in [2.24, 2.45) is 10.8 Å². The molecule has 3 aliphatic carbocycles. The van der Waals surface area contributed by atoms with E-state index in [0.717, 1.165) is 32.7 Å². The largest absolute Gasteiger partial charge is 0.426 e. The monoisotopic (exact) mass is 670 g/mol. The maximum absolute atomic E-state index is 14.3. The van der Waals surface area contributed by atoms with Gasteiger partial charge in [0.25, 0.3) is 0 Å². The Bertz CT molecular complexity index is 1900. The molecule has 9 rings (SSSR count). The van der Waals surface area contributed by atoms with Crippen LogP contribution < -0.4 is 19.3 Å². The first kappa shape index (κ1) is 30.2. The molecule has 3 saturated carbocycles. The normalized spacial score (nSPS) is 25.2. The Morgan fingerprint density at radius 2 is 1.02 bits per heavy atom.